The van der Waals surface area contributed by atoms with Gasteiger partial charge in [0.2, 0.25) is 5.91 Å². The molecule has 0 spiro atoms. The Kier molecular flexibility index (Phi) is 6.60. The summed E-state index contributed by atoms with van der Waals surface area (Å²) in [5, 5.41) is 2.95. The lowest BCUT2D eigenvalue weighted by atomic mass is 9.99. The summed E-state index contributed by atoms with van der Waals surface area (Å²) in [5.74, 6) is 0.580. The molecule has 0 saturated carbocycles. The molecule has 0 radical (unpaired) electrons. The van der Waals surface area contributed by atoms with Crippen molar-refractivity contribution in [2.75, 3.05) is 33.3 Å². The van der Waals surface area contributed by atoms with E-state index >= 15 is 0 Å². The van der Waals surface area contributed by atoms with Crippen LogP contribution in [0.3, 0.4) is 0 Å². The fourth-order valence-electron chi connectivity index (χ4n) is 2.29. The molecule has 1 amide bonds. The Balaban J connectivity index is 2.38. The Morgan fingerprint density at radius 1 is 1.56 bits per heavy atom. The van der Waals surface area contributed by atoms with E-state index in [0.29, 0.717) is 19.0 Å². The smallest absolute Gasteiger partial charge is 0.234 e. The molecule has 1 rings (SSSR count). The number of piperidine rings is 1. The molecule has 0 aromatic carbocycles. The topological polar surface area (TPSA) is 67.6 Å². The van der Waals surface area contributed by atoms with Crippen molar-refractivity contribution in [2.24, 2.45) is 11.7 Å². The predicted molar refractivity (Wildman–Crippen MR) is 72.3 cm³/mol. The minimum atomic E-state index is 0.0954. The van der Waals surface area contributed by atoms with Crippen LogP contribution >= 0.6 is 0 Å². The van der Waals surface area contributed by atoms with E-state index < -0.39 is 0 Å². The standard InChI is InChI=1S/C13H27N3O2/c1-10(2)8-15-13(17)9-16-5-4-12(18-3)6-11(16)7-14/h10-12H,4-9,14H2,1-3H3,(H,15,17). The second kappa shape index (κ2) is 7.71. The molecule has 0 bridgehead atoms. The second-order valence-corrected chi connectivity index (χ2v) is 5.44. The van der Waals surface area contributed by atoms with Gasteiger partial charge in [0, 0.05) is 32.8 Å². The number of likely N-dealkylation sites (tertiary alicyclic amines) is 1. The third-order valence-electron chi connectivity index (χ3n) is 3.45. The van der Waals surface area contributed by atoms with Gasteiger partial charge in [0.05, 0.1) is 12.6 Å². The highest BCUT2D eigenvalue weighted by Crippen LogP contribution is 2.18. The highest BCUT2D eigenvalue weighted by atomic mass is 16.5. The van der Waals surface area contributed by atoms with Crippen molar-refractivity contribution in [3.05, 3.63) is 0 Å². The molecular formula is C13H27N3O2. The number of amides is 1. The first-order valence-corrected chi connectivity index (χ1v) is 6.80. The number of methoxy groups -OCH3 is 1. The van der Waals surface area contributed by atoms with Gasteiger partial charge in [-0.15, -0.1) is 0 Å². The minimum Gasteiger partial charge on any atom is -0.381 e. The molecule has 1 heterocycles. The molecule has 18 heavy (non-hydrogen) atoms. The lowest BCUT2D eigenvalue weighted by Gasteiger charge is -2.37. The van der Waals surface area contributed by atoms with Crippen molar-refractivity contribution in [1.29, 1.82) is 0 Å². The lowest BCUT2D eigenvalue weighted by Crippen LogP contribution is -2.52. The first-order chi connectivity index (χ1) is 8.56. The number of hydrogen-bond acceptors (Lipinski definition) is 4. The number of ether oxygens (including phenoxy) is 1. The van der Waals surface area contributed by atoms with E-state index in [1.165, 1.54) is 0 Å². The van der Waals surface area contributed by atoms with Crippen LogP contribution in [0.25, 0.3) is 0 Å². The monoisotopic (exact) mass is 257 g/mol. The van der Waals surface area contributed by atoms with Crippen molar-refractivity contribution >= 4 is 5.91 Å². The van der Waals surface area contributed by atoms with E-state index in [1.807, 2.05) is 0 Å². The fraction of sp³-hybridized carbons (Fsp3) is 0.923. The third kappa shape index (κ3) is 4.92. The van der Waals surface area contributed by atoms with Gasteiger partial charge in [-0.1, -0.05) is 13.8 Å². The highest BCUT2D eigenvalue weighted by molar-refractivity contribution is 5.78. The number of nitrogens with two attached hydrogens (primary N) is 1. The number of nitrogens with zero attached hydrogens (tertiary/aromatic N) is 1. The van der Waals surface area contributed by atoms with Gasteiger partial charge in [-0.05, 0) is 18.8 Å². The van der Waals surface area contributed by atoms with Crippen LogP contribution in [0.1, 0.15) is 26.7 Å². The van der Waals surface area contributed by atoms with Crippen LogP contribution in [0.2, 0.25) is 0 Å². The van der Waals surface area contributed by atoms with Gasteiger partial charge in [0.15, 0.2) is 0 Å². The molecule has 1 aliphatic rings. The molecule has 0 aromatic heterocycles. The third-order valence-corrected chi connectivity index (χ3v) is 3.45. The maximum absolute atomic E-state index is 11.8. The number of carbonyl (C=O) groups is 1. The fourth-order valence-corrected chi connectivity index (χ4v) is 2.29. The van der Waals surface area contributed by atoms with Crippen LogP contribution in [0, 0.1) is 5.92 Å². The van der Waals surface area contributed by atoms with Crippen LogP contribution in [0.4, 0.5) is 0 Å². The van der Waals surface area contributed by atoms with Crippen molar-refractivity contribution in [3.8, 4) is 0 Å². The Morgan fingerprint density at radius 3 is 2.83 bits per heavy atom. The summed E-state index contributed by atoms with van der Waals surface area (Å²) in [6.45, 7) is 6.83. The zero-order chi connectivity index (χ0) is 13.5. The summed E-state index contributed by atoms with van der Waals surface area (Å²) in [6, 6.07) is 0.258. The summed E-state index contributed by atoms with van der Waals surface area (Å²) in [5.41, 5.74) is 5.78. The quantitative estimate of drug-likeness (QED) is 0.713. The summed E-state index contributed by atoms with van der Waals surface area (Å²) < 4.78 is 5.37. The second-order valence-electron chi connectivity index (χ2n) is 5.44. The Morgan fingerprint density at radius 2 is 2.28 bits per heavy atom. The lowest BCUT2D eigenvalue weighted by molar-refractivity contribution is -0.123. The van der Waals surface area contributed by atoms with E-state index in [1.54, 1.807) is 7.11 Å². The Bertz CT molecular complexity index is 259. The number of rotatable bonds is 6. The summed E-state index contributed by atoms with van der Waals surface area (Å²) in [6.07, 6.45) is 2.18. The van der Waals surface area contributed by atoms with Crippen LogP contribution in [-0.4, -0.2) is 56.2 Å². The number of carbonyl (C=O) groups excluding carboxylic acids is 1. The van der Waals surface area contributed by atoms with Crippen molar-refractivity contribution in [1.82, 2.24) is 10.2 Å². The Labute approximate surface area is 110 Å². The molecule has 0 aromatic rings. The van der Waals surface area contributed by atoms with E-state index in [-0.39, 0.29) is 18.1 Å². The van der Waals surface area contributed by atoms with Gasteiger partial charge < -0.3 is 15.8 Å². The SMILES string of the molecule is COC1CCN(CC(=O)NCC(C)C)C(CN)C1. The van der Waals surface area contributed by atoms with Gasteiger partial charge in [-0.25, -0.2) is 0 Å². The minimum absolute atomic E-state index is 0.0954. The average Bonchev–Trinajstić information content (AvgIpc) is 2.36. The first-order valence-electron chi connectivity index (χ1n) is 6.80. The van der Waals surface area contributed by atoms with Gasteiger partial charge in [0.25, 0.3) is 0 Å². The molecule has 0 aliphatic carbocycles. The van der Waals surface area contributed by atoms with Crippen LogP contribution in [0.5, 0.6) is 0 Å². The zero-order valence-electron chi connectivity index (χ0n) is 11.8. The van der Waals surface area contributed by atoms with Gasteiger partial charge in [-0.2, -0.15) is 0 Å². The Hall–Kier alpha value is -0.650. The van der Waals surface area contributed by atoms with E-state index in [9.17, 15) is 4.79 Å². The van der Waals surface area contributed by atoms with Crippen molar-refractivity contribution in [2.45, 2.75) is 38.8 Å². The molecule has 5 heteroatoms. The van der Waals surface area contributed by atoms with Gasteiger partial charge in [0.1, 0.15) is 0 Å². The van der Waals surface area contributed by atoms with Crippen LogP contribution in [0.15, 0.2) is 0 Å². The van der Waals surface area contributed by atoms with E-state index in [2.05, 4.69) is 24.1 Å². The van der Waals surface area contributed by atoms with Crippen molar-refractivity contribution in [3.63, 3.8) is 0 Å². The summed E-state index contributed by atoms with van der Waals surface area (Å²) >= 11 is 0. The molecule has 1 saturated heterocycles. The summed E-state index contributed by atoms with van der Waals surface area (Å²) in [7, 11) is 1.74. The maximum atomic E-state index is 11.8. The van der Waals surface area contributed by atoms with Crippen LogP contribution in [-0.2, 0) is 9.53 Å². The van der Waals surface area contributed by atoms with Crippen LogP contribution < -0.4 is 11.1 Å². The normalized spacial score (nSPS) is 25.4. The molecule has 1 aliphatic heterocycles. The van der Waals surface area contributed by atoms with Gasteiger partial charge in [-0.3, -0.25) is 9.69 Å². The zero-order valence-corrected chi connectivity index (χ0v) is 11.8. The molecule has 2 unspecified atom stereocenters. The molecular weight excluding hydrogens is 230 g/mol. The first kappa shape index (κ1) is 15.4. The van der Waals surface area contributed by atoms with E-state index in [4.69, 9.17) is 10.5 Å². The number of hydrogen-bond donors (Lipinski definition) is 2. The maximum Gasteiger partial charge on any atom is 0.234 e. The van der Waals surface area contributed by atoms with Crippen molar-refractivity contribution < 1.29 is 9.53 Å². The van der Waals surface area contributed by atoms with Gasteiger partial charge >= 0.3 is 0 Å². The highest BCUT2D eigenvalue weighted by Gasteiger charge is 2.28. The number of nitrogens with one attached hydrogen (secondary N) is 1. The largest absolute Gasteiger partial charge is 0.381 e. The molecule has 106 valence electrons. The molecule has 3 N–H and O–H groups in total. The predicted octanol–water partition coefficient (Wildman–Crippen LogP) is 0.197. The average molecular weight is 257 g/mol. The van der Waals surface area contributed by atoms with E-state index in [0.717, 1.165) is 25.9 Å². The molecule has 1 fully saturated rings. The molecule has 2 atom stereocenters. The summed E-state index contributed by atoms with van der Waals surface area (Å²) in [4.78, 5) is 14.0. The molecule has 5 nitrogen and oxygen atoms in total.